The molecule has 1 heterocycles. The third-order valence-electron chi connectivity index (χ3n) is 4.29. The van der Waals surface area contributed by atoms with E-state index in [0.29, 0.717) is 12.8 Å². The van der Waals surface area contributed by atoms with E-state index in [2.05, 4.69) is 27.6 Å². The summed E-state index contributed by atoms with van der Waals surface area (Å²) in [4.78, 5) is 50.8. The molecule has 13 nitrogen and oxygen atoms in total. The molecule has 3 amide bonds. The normalized spacial score (nSPS) is 13.2. The van der Waals surface area contributed by atoms with Crippen LogP contribution in [-0.2, 0) is 14.3 Å². The van der Waals surface area contributed by atoms with Crippen LogP contribution in [0.2, 0.25) is 0 Å². The molecule has 1 atom stereocenters. The van der Waals surface area contributed by atoms with Crippen LogP contribution in [0.3, 0.4) is 0 Å². The van der Waals surface area contributed by atoms with E-state index < -0.39 is 40.1 Å². The van der Waals surface area contributed by atoms with E-state index in [-0.39, 0.29) is 35.2 Å². The lowest BCUT2D eigenvalue weighted by Gasteiger charge is -2.27. The number of carbonyl (C=O) groups excluding carboxylic acids is 3. The Morgan fingerprint density at radius 3 is 2.38 bits per heavy atom. The van der Waals surface area contributed by atoms with Crippen molar-refractivity contribution in [3.63, 3.8) is 0 Å². The molecule has 1 fully saturated rings. The molecule has 0 aliphatic carbocycles. The van der Waals surface area contributed by atoms with Crippen molar-refractivity contribution in [2.24, 2.45) is 5.11 Å². The number of benzene rings is 1. The Morgan fingerprint density at radius 1 is 1.32 bits per heavy atom. The first-order valence-corrected chi connectivity index (χ1v) is 10.7. The molecule has 1 aromatic carbocycles. The molecule has 1 aliphatic rings. The lowest BCUT2D eigenvalue weighted by atomic mass is 10.1. The Kier molecular flexibility index (Phi) is 11.5. The molecule has 2 N–H and O–H groups in total. The van der Waals surface area contributed by atoms with Gasteiger partial charge in [0.2, 0.25) is 11.8 Å². The van der Waals surface area contributed by atoms with Gasteiger partial charge in [-0.15, -0.1) is 0 Å². The number of hydrogen-bond donors (Lipinski definition) is 2. The first kappa shape index (κ1) is 28.4. The molecule has 1 saturated heterocycles. The van der Waals surface area contributed by atoms with Crippen LogP contribution < -0.4 is 5.32 Å². The second-order valence-electron chi connectivity index (χ2n) is 6.55. The topological polar surface area (TPSA) is 188 Å². The molecule has 34 heavy (non-hydrogen) atoms. The molecule has 0 aromatic heterocycles. The third-order valence-corrected chi connectivity index (χ3v) is 4.98. The lowest BCUT2D eigenvalue weighted by Crippen LogP contribution is -2.53. The summed E-state index contributed by atoms with van der Waals surface area (Å²) in [7, 11) is 0. The van der Waals surface area contributed by atoms with Crippen molar-refractivity contribution >= 4 is 63.6 Å². The van der Waals surface area contributed by atoms with Crippen molar-refractivity contribution in [3.05, 3.63) is 44.3 Å². The fourth-order valence-corrected chi connectivity index (χ4v) is 2.73. The standard InChI is InChI=1S/C16H16N6O6S.C3H6OS/c1-2-14(29)28-8-11(21-12(23)6-7-13(21)24)18-16(25)9-4-3-5-10(19-20-17)15(9)22(26)27;1-2-3(4)5/h3-5,11H,2,6-8H2,1H3,(H,18,25);2H2,1H3,(H,4,5). The summed E-state index contributed by atoms with van der Waals surface area (Å²) in [5, 5.41) is 25.4. The Balaban J connectivity index is 0.00000104. The van der Waals surface area contributed by atoms with Gasteiger partial charge in [0, 0.05) is 30.6 Å². The molecular weight excluding hydrogens is 488 g/mol. The van der Waals surface area contributed by atoms with Crippen LogP contribution in [0.15, 0.2) is 23.3 Å². The minimum absolute atomic E-state index is 0.0179. The number of nitrogens with zero attached hydrogens (tertiary/aromatic N) is 5. The van der Waals surface area contributed by atoms with Crippen LogP contribution in [0.5, 0.6) is 0 Å². The average molecular weight is 511 g/mol. The summed E-state index contributed by atoms with van der Waals surface area (Å²) < 4.78 is 5.31. The number of thiocarbonyl (C=S) groups is 2. The number of imide groups is 1. The maximum absolute atomic E-state index is 12.7. The average Bonchev–Trinajstić information content (AvgIpc) is 3.14. The van der Waals surface area contributed by atoms with Crippen molar-refractivity contribution in [3.8, 4) is 0 Å². The van der Waals surface area contributed by atoms with Gasteiger partial charge in [0.15, 0.2) is 10.1 Å². The number of aliphatic hydroxyl groups is 1. The highest BCUT2D eigenvalue weighted by Gasteiger charge is 2.37. The van der Waals surface area contributed by atoms with Crippen LogP contribution in [0.1, 0.15) is 49.9 Å². The van der Waals surface area contributed by atoms with Crippen LogP contribution in [0, 0.1) is 10.1 Å². The van der Waals surface area contributed by atoms with Gasteiger partial charge in [-0.25, -0.2) is 0 Å². The number of azide groups is 1. The summed E-state index contributed by atoms with van der Waals surface area (Å²) in [6, 6.07) is 3.64. The quantitative estimate of drug-likeness (QED) is 0.0947. The Bertz CT molecular complexity index is 1030. The number of ether oxygens (including phenoxy) is 1. The number of amides is 3. The number of para-hydroxylation sites is 1. The molecule has 0 bridgehead atoms. The number of hydrogen-bond acceptors (Lipinski definition) is 9. The van der Waals surface area contributed by atoms with E-state index in [1.165, 1.54) is 12.1 Å². The summed E-state index contributed by atoms with van der Waals surface area (Å²) in [5.74, 6) is -1.97. The van der Waals surface area contributed by atoms with E-state index in [4.69, 9.17) is 27.6 Å². The maximum atomic E-state index is 12.7. The van der Waals surface area contributed by atoms with Crippen molar-refractivity contribution in [1.29, 1.82) is 0 Å². The highest BCUT2D eigenvalue weighted by Crippen LogP contribution is 2.31. The van der Waals surface area contributed by atoms with Gasteiger partial charge in [-0.2, -0.15) is 0 Å². The Labute approximate surface area is 204 Å². The number of nitro groups is 1. The molecule has 182 valence electrons. The van der Waals surface area contributed by atoms with Crippen molar-refractivity contribution < 1.29 is 29.2 Å². The van der Waals surface area contributed by atoms with E-state index in [1.54, 1.807) is 6.92 Å². The van der Waals surface area contributed by atoms with Gasteiger partial charge in [-0.05, 0) is 42.1 Å². The van der Waals surface area contributed by atoms with Gasteiger partial charge in [0.1, 0.15) is 24.0 Å². The smallest absolute Gasteiger partial charge is 0.291 e. The van der Waals surface area contributed by atoms with E-state index in [9.17, 15) is 24.5 Å². The van der Waals surface area contributed by atoms with Gasteiger partial charge >= 0.3 is 0 Å². The fraction of sp³-hybridized carbons (Fsp3) is 0.421. The minimum Gasteiger partial charge on any atom is -0.502 e. The zero-order valence-corrected chi connectivity index (χ0v) is 19.9. The van der Waals surface area contributed by atoms with Crippen LogP contribution in [0.25, 0.3) is 10.4 Å². The van der Waals surface area contributed by atoms with E-state index >= 15 is 0 Å². The number of aliphatic hydroxyl groups excluding tert-OH is 1. The van der Waals surface area contributed by atoms with E-state index in [0.717, 1.165) is 11.0 Å². The zero-order chi connectivity index (χ0) is 25.8. The number of nitro benzene ring substituents is 1. The van der Waals surface area contributed by atoms with Gasteiger partial charge in [0.25, 0.3) is 11.6 Å². The molecule has 0 radical (unpaired) electrons. The molecule has 15 heteroatoms. The number of rotatable bonds is 9. The minimum atomic E-state index is -1.21. The number of carbonyl (C=O) groups is 3. The first-order valence-electron chi connectivity index (χ1n) is 9.92. The van der Waals surface area contributed by atoms with Crippen LogP contribution >= 0.6 is 24.4 Å². The lowest BCUT2D eigenvalue weighted by molar-refractivity contribution is -0.384. The molecule has 1 aliphatic heterocycles. The maximum Gasteiger partial charge on any atom is 0.291 e. The Morgan fingerprint density at radius 2 is 1.91 bits per heavy atom. The summed E-state index contributed by atoms with van der Waals surface area (Å²) in [6.07, 6.45) is -0.254. The first-order chi connectivity index (χ1) is 16.1. The number of nitrogens with one attached hydrogen (secondary N) is 1. The van der Waals surface area contributed by atoms with E-state index in [1.807, 2.05) is 6.92 Å². The molecule has 1 unspecified atom stereocenters. The highest BCUT2D eigenvalue weighted by atomic mass is 32.1. The molecule has 0 spiro atoms. The van der Waals surface area contributed by atoms with Crippen LogP contribution in [0.4, 0.5) is 11.4 Å². The van der Waals surface area contributed by atoms with Crippen molar-refractivity contribution in [2.75, 3.05) is 6.61 Å². The number of likely N-dealkylation sites (tertiary alicyclic amines) is 1. The van der Waals surface area contributed by atoms with Gasteiger partial charge in [-0.1, -0.05) is 25.0 Å². The van der Waals surface area contributed by atoms with Gasteiger partial charge in [0.05, 0.1) is 4.92 Å². The van der Waals surface area contributed by atoms with Gasteiger partial charge in [-0.3, -0.25) is 29.4 Å². The summed E-state index contributed by atoms with van der Waals surface area (Å²) in [6.45, 7) is 3.24. The predicted molar refractivity (Wildman–Crippen MR) is 129 cm³/mol. The third kappa shape index (κ3) is 8.03. The molecule has 1 aromatic rings. The van der Waals surface area contributed by atoms with Crippen LogP contribution in [-0.4, -0.2) is 55.5 Å². The Hall–Kier alpha value is -3.68. The molecular formula is C19H22N6O7S2. The monoisotopic (exact) mass is 510 g/mol. The van der Waals surface area contributed by atoms with Crippen molar-refractivity contribution in [1.82, 2.24) is 10.2 Å². The summed E-state index contributed by atoms with van der Waals surface area (Å²) in [5.41, 5.74) is 7.12. The second-order valence-corrected chi connectivity index (χ2v) is 7.48. The fourth-order valence-electron chi connectivity index (χ4n) is 2.66. The predicted octanol–water partition coefficient (Wildman–Crippen LogP) is 3.78. The van der Waals surface area contributed by atoms with Crippen molar-refractivity contribution in [2.45, 2.75) is 45.7 Å². The largest absolute Gasteiger partial charge is 0.502 e. The molecule has 0 saturated carbocycles. The summed E-state index contributed by atoms with van der Waals surface area (Å²) >= 11 is 9.21. The SMILES string of the molecule is CCC(=S)OCC(NC(=O)c1cccc(N=[N+]=[N-])c1[N+](=O)[O-])N1C(=O)CCC1=O.CCC(O)=S. The second kappa shape index (κ2) is 13.8. The zero-order valence-electron chi connectivity index (χ0n) is 18.3. The highest BCUT2D eigenvalue weighted by molar-refractivity contribution is 7.80. The molecule has 2 rings (SSSR count). The van der Waals surface area contributed by atoms with Gasteiger partial charge < -0.3 is 15.2 Å².